The Balaban J connectivity index is 1.97. The van der Waals surface area contributed by atoms with E-state index in [9.17, 15) is 4.79 Å². The molecule has 1 N–H and O–H groups in total. The first-order valence-corrected chi connectivity index (χ1v) is 8.53. The molecule has 0 spiro atoms. The van der Waals surface area contributed by atoms with Crippen LogP contribution < -0.4 is 10.1 Å². The number of benzene rings is 1. The van der Waals surface area contributed by atoms with Gasteiger partial charge in [-0.05, 0) is 37.3 Å². The van der Waals surface area contributed by atoms with E-state index in [-0.39, 0.29) is 0 Å². The number of carbonyl (C=O) groups excluding carboxylic acids is 1. The van der Waals surface area contributed by atoms with Crippen LogP contribution in [-0.2, 0) is 9.47 Å². The molecule has 0 atom stereocenters. The fraction of sp³-hybridized carbons (Fsp3) is 0.500. The molecule has 1 aromatic carbocycles. The molecule has 0 bridgehead atoms. The zero-order valence-corrected chi connectivity index (χ0v) is 14.1. The molecular weight excluding hydrogens is 316 g/mol. The number of ether oxygens (including phenoxy) is 3. The molecule has 1 saturated heterocycles. The number of carbonyl (C=O) groups is 1. The van der Waals surface area contributed by atoms with Crippen molar-refractivity contribution in [2.24, 2.45) is 0 Å². The van der Waals surface area contributed by atoms with Gasteiger partial charge in [-0.15, -0.1) is 0 Å². The van der Waals surface area contributed by atoms with Crippen LogP contribution in [0.5, 0.6) is 5.75 Å². The first kappa shape index (κ1) is 16.0. The van der Waals surface area contributed by atoms with Crippen molar-refractivity contribution in [3.05, 3.63) is 17.7 Å². The minimum Gasteiger partial charge on any atom is -0.494 e. The van der Waals surface area contributed by atoms with Crippen LogP contribution >= 0.6 is 11.3 Å². The summed E-state index contributed by atoms with van der Waals surface area (Å²) < 4.78 is 16.8. The van der Waals surface area contributed by atoms with Crippen molar-refractivity contribution in [2.45, 2.75) is 25.7 Å². The number of aromatic nitrogens is 1. The second-order valence-electron chi connectivity index (χ2n) is 5.29. The zero-order valence-electron chi connectivity index (χ0n) is 13.3. The molecule has 6 nitrogen and oxygen atoms in total. The van der Waals surface area contributed by atoms with Gasteiger partial charge in [-0.25, -0.2) is 9.78 Å². The molecule has 7 heteroatoms. The van der Waals surface area contributed by atoms with Gasteiger partial charge in [0.2, 0.25) is 0 Å². The standard InChI is InChI=1S/C16H20N2O4S/c1-3-22-16(19)18-15-17-13-12(20-2)5-4-11(14(13)23-15)10-6-8-21-9-7-10/h4-5,10H,3,6-9H2,1-2H3,(H,17,18,19). The number of nitrogens with one attached hydrogen (secondary N) is 1. The second-order valence-corrected chi connectivity index (χ2v) is 6.28. The normalized spacial score (nSPS) is 15.6. The van der Waals surface area contributed by atoms with Crippen molar-refractivity contribution < 1.29 is 19.0 Å². The third kappa shape index (κ3) is 3.40. The lowest BCUT2D eigenvalue weighted by Crippen LogP contribution is -2.14. The average molecular weight is 336 g/mol. The molecule has 1 aliphatic heterocycles. The lowest BCUT2D eigenvalue weighted by atomic mass is 9.91. The average Bonchev–Trinajstić information content (AvgIpc) is 2.98. The van der Waals surface area contributed by atoms with E-state index in [2.05, 4.69) is 16.4 Å². The predicted octanol–water partition coefficient (Wildman–Crippen LogP) is 3.77. The zero-order chi connectivity index (χ0) is 16.2. The van der Waals surface area contributed by atoms with Gasteiger partial charge in [-0.3, -0.25) is 5.32 Å². The SMILES string of the molecule is CCOC(=O)Nc1nc2c(OC)ccc(C3CCOCC3)c2s1. The van der Waals surface area contributed by atoms with Crippen molar-refractivity contribution in [1.82, 2.24) is 4.98 Å². The van der Waals surface area contributed by atoms with Crippen LogP contribution in [0.1, 0.15) is 31.2 Å². The number of anilines is 1. The van der Waals surface area contributed by atoms with Crippen molar-refractivity contribution in [3.8, 4) is 5.75 Å². The summed E-state index contributed by atoms with van der Waals surface area (Å²) in [6, 6.07) is 4.05. The third-order valence-electron chi connectivity index (χ3n) is 3.90. The maximum absolute atomic E-state index is 11.6. The lowest BCUT2D eigenvalue weighted by molar-refractivity contribution is 0.0856. The number of nitrogens with zero attached hydrogens (tertiary/aromatic N) is 1. The van der Waals surface area contributed by atoms with Gasteiger partial charge in [0.15, 0.2) is 5.13 Å². The quantitative estimate of drug-likeness (QED) is 0.920. The fourth-order valence-corrected chi connectivity index (χ4v) is 3.87. The van der Waals surface area contributed by atoms with Gasteiger partial charge in [0.05, 0.1) is 18.4 Å². The highest BCUT2D eigenvalue weighted by molar-refractivity contribution is 7.22. The summed E-state index contributed by atoms with van der Waals surface area (Å²) in [5.74, 6) is 1.16. The highest BCUT2D eigenvalue weighted by Gasteiger charge is 2.22. The van der Waals surface area contributed by atoms with Crippen LogP contribution in [0.25, 0.3) is 10.2 Å². The van der Waals surface area contributed by atoms with Gasteiger partial charge in [0.25, 0.3) is 0 Å². The first-order valence-electron chi connectivity index (χ1n) is 7.72. The third-order valence-corrected chi connectivity index (χ3v) is 4.92. The maximum Gasteiger partial charge on any atom is 0.413 e. The van der Waals surface area contributed by atoms with E-state index in [0.29, 0.717) is 23.4 Å². The van der Waals surface area contributed by atoms with Crippen molar-refractivity contribution in [3.63, 3.8) is 0 Å². The number of amides is 1. The summed E-state index contributed by atoms with van der Waals surface area (Å²) in [4.78, 5) is 16.1. The van der Waals surface area contributed by atoms with Crippen LogP contribution in [0.4, 0.5) is 9.93 Å². The van der Waals surface area contributed by atoms with Gasteiger partial charge >= 0.3 is 6.09 Å². The Morgan fingerprint density at radius 1 is 1.43 bits per heavy atom. The molecule has 0 unspecified atom stereocenters. The Bertz CT molecular complexity index is 695. The number of rotatable bonds is 4. The molecule has 1 fully saturated rings. The van der Waals surface area contributed by atoms with E-state index in [1.807, 2.05) is 6.07 Å². The molecular formula is C16H20N2O4S. The molecule has 124 valence electrons. The van der Waals surface area contributed by atoms with Crippen LogP contribution in [0.15, 0.2) is 12.1 Å². The molecule has 1 amide bonds. The Hall–Kier alpha value is -1.86. The summed E-state index contributed by atoms with van der Waals surface area (Å²) in [6.07, 6.45) is 1.51. The molecule has 0 saturated carbocycles. The van der Waals surface area contributed by atoms with Crippen molar-refractivity contribution >= 4 is 32.8 Å². The largest absolute Gasteiger partial charge is 0.494 e. The van der Waals surface area contributed by atoms with E-state index < -0.39 is 6.09 Å². The smallest absolute Gasteiger partial charge is 0.413 e. The number of hydrogen-bond donors (Lipinski definition) is 1. The summed E-state index contributed by atoms with van der Waals surface area (Å²) in [7, 11) is 1.63. The van der Waals surface area contributed by atoms with Crippen molar-refractivity contribution in [1.29, 1.82) is 0 Å². The highest BCUT2D eigenvalue weighted by atomic mass is 32.1. The summed E-state index contributed by atoms with van der Waals surface area (Å²) >= 11 is 1.46. The van der Waals surface area contributed by atoms with E-state index >= 15 is 0 Å². The summed E-state index contributed by atoms with van der Waals surface area (Å²) in [6.45, 7) is 3.66. The number of methoxy groups -OCH3 is 1. The Morgan fingerprint density at radius 2 is 2.22 bits per heavy atom. The summed E-state index contributed by atoms with van der Waals surface area (Å²) in [5.41, 5.74) is 2.03. The van der Waals surface area contributed by atoms with E-state index in [1.165, 1.54) is 16.9 Å². The van der Waals surface area contributed by atoms with Gasteiger partial charge in [-0.1, -0.05) is 17.4 Å². The molecule has 1 aromatic heterocycles. The molecule has 23 heavy (non-hydrogen) atoms. The molecule has 1 aliphatic rings. The molecule has 0 aliphatic carbocycles. The first-order chi connectivity index (χ1) is 11.2. The van der Waals surface area contributed by atoms with Gasteiger partial charge in [0, 0.05) is 13.2 Å². The van der Waals surface area contributed by atoms with Crippen LogP contribution in [0, 0.1) is 0 Å². The monoisotopic (exact) mass is 336 g/mol. The Labute approximate surface area is 138 Å². The van der Waals surface area contributed by atoms with Crippen LogP contribution in [0.2, 0.25) is 0 Å². The van der Waals surface area contributed by atoms with Gasteiger partial charge < -0.3 is 14.2 Å². The molecule has 2 heterocycles. The van der Waals surface area contributed by atoms with Crippen LogP contribution in [0.3, 0.4) is 0 Å². The number of hydrogen-bond acceptors (Lipinski definition) is 6. The topological polar surface area (TPSA) is 69.7 Å². The van der Waals surface area contributed by atoms with Crippen LogP contribution in [-0.4, -0.2) is 38.0 Å². The highest BCUT2D eigenvalue weighted by Crippen LogP contribution is 2.40. The molecule has 2 aromatic rings. The van der Waals surface area contributed by atoms with E-state index in [1.54, 1.807) is 14.0 Å². The second kappa shape index (κ2) is 7.14. The van der Waals surface area contributed by atoms with Gasteiger partial charge in [-0.2, -0.15) is 0 Å². The lowest BCUT2D eigenvalue weighted by Gasteiger charge is -2.23. The maximum atomic E-state index is 11.6. The Morgan fingerprint density at radius 3 is 2.91 bits per heavy atom. The minimum atomic E-state index is -0.488. The number of fused-ring (bicyclic) bond motifs is 1. The number of thiazole rings is 1. The van der Waals surface area contributed by atoms with E-state index in [4.69, 9.17) is 14.2 Å². The molecule has 0 radical (unpaired) electrons. The van der Waals surface area contributed by atoms with E-state index in [0.717, 1.165) is 36.3 Å². The van der Waals surface area contributed by atoms with Crippen molar-refractivity contribution in [2.75, 3.05) is 32.2 Å². The predicted molar refractivity (Wildman–Crippen MR) is 89.6 cm³/mol. The fourth-order valence-electron chi connectivity index (χ4n) is 2.81. The summed E-state index contributed by atoms with van der Waals surface area (Å²) in [5, 5.41) is 3.20. The Kier molecular flexibility index (Phi) is 4.97. The molecule has 3 rings (SSSR count). The van der Waals surface area contributed by atoms with Gasteiger partial charge in [0.1, 0.15) is 11.3 Å². The minimum absolute atomic E-state index is 0.327.